The summed E-state index contributed by atoms with van der Waals surface area (Å²) in [7, 11) is 0. The lowest BCUT2D eigenvalue weighted by molar-refractivity contribution is 0.0208. The highest BCUT2D eigenvalue weighted by atomic mass is 32.1. The van der Waals surface area contributed by atoms with Crippen molar-refractivity contribution >= 4 is 18.4 Å². The Bertz CT molecular complexity index is 1390. The summed E-state index contributed by atoms with van der Waals surface area (Å²) in [6.45, 7) is 5.83. The largest absolute Gasteiger partial charge is 0.457 e. The molecule has 1 fully saturated rings. The number of nitrogens with one attached hydrogen (secondary N) is 1. The molecule has 0 aliphatic carbocycles. The molecule has 0 bridgehead atoms. The van der Waals surface area contributed by atoms with E-state index in [1.165, 1.54) is 22.4 Å². The first kappa shape index (κ1) is 24.0. The molecule has 1 aliphatic heterocycles. The topological polar surface area (TPSA) is 85.5 Å². The van der Waals surface area contributed by atoms with Gasteiger partial charge in [-0.25, -0.2) is 9.07 Å². The standard InChI is InChI=1S/C25H26FN7O2S/c1-18-2-4-19(5-3-18)16-35-24-30-32(17-31-10-12-34-13-11-31)25(36)33(24)28-15-21-14-27-29-23(21)20-6-8-22(26)9-7-20/h2-9,14-15H,10-13,16-17H2,1H3,(H,27,29)/b28-15+. The summed E-state index contributed by atoms with van der Waals surface area (Å²) in [5.41, 5.74) is 4.41. The Labute approximate surface area is 212 Å². The minimum Gasteiger partial charge on any atom is -0.457 e. The monoisotopic (exact) mass is 507 g/mol. The van der Waals surface area contributed by atoms with Crippen LogP contribution >= 0.6 is 12.2 Å². The zero-order chi connectivity index (χ0) is 24.9. The van der Waals surface area contributed by atoms with Gasteiger partial charge in [0.25, 0.3) is 0 Å². The summed E-state index contributed by atoms with van der Waals surface area (Å²) < 4.78 is 28.5. The molecule has 0 spiro atoms. The summed E-state index contributed by atoms with van der Waals surface area (Å²) in [6, 6.07) is 14.6. The van der Waals surface area contributed by atoms with E-state index in [4.69, 9.17) is 21.7 Å². The van der Waals surface area contributed by atoms with Crippen LogP contribution in [-0.4, -0.2) is 62.1 Å². The maximum atomic E-state index is 13.4. The molecular weight excluding hydrogens is 481 g/mol. The van der Waals surface area contributed by atoms with E-state index in [0.717, 1.165) is 24.2 Å². The zero-order valence-corrected chi connectivity index (χ0v) is 20.6. The van der Waals surface area contributed by atoms with Crippen LogP contribution in [0.3, 0.4) is 0 Å². The minimum atomic E-state index is -0.303. The molecule has 9 nitrogen and oxygen atoms in total. The van der Waals surface area contributed by atoms with E-state index in [1.54, 1.807) is 29.2 Å². The van der Waals surface area contributed by atoms with Gasteiger partial charge >= 0.3 is 6.01 Å². The Morgan fingerprint density at radius 2 is 1.89 bits per heavy atom. The number of benzene rings is 2. The number of rotatable bonds is 8. The normalized spacial score (nSPS) is 14.5. The summed E-state index contributed by atoms with van der Waals surface area (Å²) in [4.78, 5) is 2.22. The number of nitrogens with zero attached hydrogens (tertiary/aromatic N) is 6. The van der Waals surface area contributed by atoms with Gasteiger partial charge in [0.2, 0.25) is 4.77 Å². The van der Waals surface area contributed by atoms with Crippen molar-refractivity contribution in [3.05, 3.63) is 82.0 Å². The van der Waals surface area contributed by atoms with E-state index < -0.39 is 0 Å². The number of H-pyrrole nitrogens is 1. The fraction of sp³-hybridized carbons (Fsp3) is 0.280. The van der Waals surface area contributed by atoms with Crippen LogP contribution in [0, 0.1) is 17.5 Å². The van der Waals surface area contributed by atoms with E-state index in [1.807, 2.05) is 31.2 Å². The molecule has 2 aromatic carbocycles. The van der Waals surface area contributed by atoms with Crippen molar-refractivity contribution in [3.8, 4) is 17.3 Å². The molecule has 2 aromatic heterocycles. The van der Waals surface area contributed by atoms with E-state index in [2.05, 4.69) is 25.3 Å². The molecule has 36 heavy (non-hydrogen) atoms. The molecule has 3 heterocycles. The average molecular weight is 508 g/mol. The molecule has 0 radical (unpaired) electrons. The van der Waals surface area contributed by atoms with Crippen LogP contribution in [0.2, 0.25) is 0 Å². The van der Waals surface area contributed by atoms with Gasteiger partial charge in [-0.3, -0.25) is 10.00 Å². The SMILES string of the molecule is Cc1ccc(COc2nn(CN3CCOCC3)c(=S)n2/N=C/c2cn[nH]c2-c2ccc(F)cc2)cc1. The second-order valence-corrected chi connectivity index (χ2v) is 8.84. The first-order valence-electron chi connectivity index (χ1n) is 11.6. The fourth-order valence-electron chi connectivity index (χ4n) is 3.79. The maximum Gasteiger partial charge on any atom is 0.338 e. The number of aromatic nitrogens is 5. The average Bonchev–Trinajstić information content (AvgIpc) is 3.48. The first-order valence-corrected chi connectivity index (χ1v) is 12.0. The van der Waals surface area contributed by atoms with Crippen molar-refractivity contribution in [1.82, 2.24) is 29.6 Å². The third-order valence-corrected chi connectivity index (χ3v) is 6.21. The van der Waals surface area contributed by atoms with Gasteiger partial charge in [0.1, 0.15) is 12.4 Å². The van der Waals surface area contributed by atoms with Gasteiger partial charge in [0.15, 0.2) is 0 Å². The Balaban J connectivity index is 1.43. The van der Waals surface area contributed by atoms with Crippen molar-refractivity contribution < 1.29 is 13.9 Å². The van der Waals surface area contributed by atoms with Crippen molar-refractivity contribution in [2.24, 2.45) is 5.10 Å². The molecule has 1 saturated heterocycles. The van der Waals surface area contributed by atoms with E-state index in [9.17, 15) is 4.39 Å². The molecule has 186 valence electrons. The molecule has 1 aliphatic rings. The lowest BCUT2D eigenvalue weighted by Crippen LogP contribution is -2.37. The number of ether oxygens (including phenoxy) is 2. The highest BCUT2D eigenvalue weighted by Gasteiger charge is 2.17. The van der Waals surface area contributed by atoms with E-state index in [-0.39, 0.29) is 11.8 Å². The number of aromatic amines is 1. The van der Waals surface area contributed by atoms with Gasteiger partial charge in [0, 0.05) is 24.2 Å². The molecule has 5 rings (SSSR count). The maximum absolute atomic E-state index is 13.4. The van der Waals surface area contributed by atoms with Crippen molar-refractivity contribution in [2.75, 3.05) is 26.3 Å². The van der Waals surface area contributed by atoms with Crippen LogP contribution in [0.15, 0.2) is 59.8 Å². The van der Waals surface area contributed by atoms with Gasteiger partial charge < -0.3 is 9.47 Å². The van der Waals surface area contributed by atoms with Gasteiger partial charge in [-0.2, -0.15) is 14.9 Å². The number of hydrogen-bond donors (Lipinski definition) is 1. The molecule has 11 heteroatoms. The predicted octanol–water partition coefficient (Wildman–Crippen LogP) is 4.00. The minimum absolute atomic E-state index is 0.289. The molecule has 0 atom stereocenters. The van der Waals surface area contributed by atoms with Crippen LogP contribution in [0.5, 0.6) is 6.01 Å². The lowest BCUT2D eigenvalue weighted by atomic mass is 10.1. The number of hydrogen-bond acceptors (Lipinski definition) is 7. The van der Waals surface area contributed by atoms with Gasteiger partial charge in [-0.1, -0.05) is 29.8 Å². The van der Waals surface area contributed by atoms with Gasteiger partial charge in [-0.05, 0) is 49.0 Å². The Kier molecular flexibility index (Phi) is 7.31. The molecule has 4 aromatic rings. The first-order chi connectivity index (χ1) is 17.6. The third-order valence-electron chi connectivity index (χ3n) is 5.83. The van der Waals surface area contributed by atoms with Gasteiger partial charge in [-0.15, -0.1) is 5.10 Å². The summed E-state index contributed by atoms with van der Waals surface area (Å²) in [5, 5.41) is 16.3. The lowest BCUT2D eigenvalue weighted by Gasteiger charge is -2.25. The predicted molar refractivity (Wildman–Crippen MR) is 136 cm³/mol. The van der Waals surface area contributed by atoms with Crippen molar-refractivity contribution in [3.63, 3.8) is 0 Å². The third kappa shape index (κ3) is 5.59. The number of morpholine rings is 1. The molecule has 0 unspecified atom stereocenters. The molecule has 1 N–H and O–H groups in total. The number of aryl methyl sites for hydroxylation is 1. The van der Waals surface area contributed by atoms with Crippen LogP contribution in [0.4, 0.5) is 4.39 Å². The molecule has 0 saturated carbocycles. The van der Waals surface area contributed by atoms with Crippen LogP contribution in [0.25, 0.3) is 11.3 Å². The highest BCUT2D eigenvalue weighted by molar-refractivity contribution is 7.71. The van der Waals surface area contributed by atoms with Crippen LogP contribution in [-0.2, 0) is 18.0 Å². The van der Waals surface area contributed by atoms with Crippen molar-refractivity contribution in [2.45, 2.75) is 20.2 Å². The highest BCUT2D eigenvalue weighted by Crippen LogP contribution is 2.21. The second-order valence-electron chi connectivity index (χ2n) is 8.47. The Morgan fingerprint density at radius 1 is 1.14 bits per heavy atom. The number of halogens is 1. The van der Waals surface area contributed by atoms with E-state index >= 15 is 0 Å². The Hall–Kier alpha value is -3.67. The molecular formula is C25H26FN7O2S. The van der Waals surface area contributed by atoms with Crippen LogP contribution < -0.4 is 4.74 Å². The van der Waals surface area contributed by atoms with Crippen molar-refractivity contribution in [1.29, 1.82) is 0 Å². The zero-order valence-electron chi connectivity index (χ0n) is 19.8. The molecule has 0 amide bonds. The summed E-state index contributed by atoms with van der Waals surface area (Å²) in [5.74, 6) is -0.303. The quantitative estimate of drug-likeness (QED) is 0.287. The fourth-order valence-corrected chi connectivity index (χ4v) is 4.01. The smallest absolute Gasteiger partial charge is 0.338 e. The van der Waals surface area contributed by atoms with E-state index in [0.29, 0.717) is 42.5 Å². The second kappa shape index (κ2) is 10.9. The Morgan fingerprint density at radius 3 is 2.64 bits per heavy atom. The summed E-state index contributed by atoms with van der Waals surface area (Å²) in [6.07, 6.45) is 3.29. The van der Waals surface area contributed by atoms with Crippen LogP contribution in [0.1, 0.15) is 16.7 Å². The summed E-state index contributed by atoms with van der Waals surface area (Å²) >= 11 is 5.71. The van der Waals surface area contributed by atoms with Gasteiger partial charge in [0.05, 0.1) is 38.0 Å².